The van der Waals surface area contributed by atoms with E-state index >= 15 is 0 Å². The Balaban J connectivity index is 1.30. The number of ether oxygens (including phenoxy) is 1. The largest absolute Gasteiger partial charge is 0.496 e. The first-order chi connectivity index (χ1) is 19.3. The Morgan fingerprint density at radius 1 is 1.05 bits per heavy atom. The molecule has 1 aliphatic carbocycles. The van der Waals surface area contributed by atoms with Crippen molar-refractivity contribution in [2.75, 3.05) is 40.2 Å². The molecule has 210 valence electrons. The number of fused-ring (bicyclic) bond motifs is 2. The van der Waals surface area contributed by atoms with Crippen LogP contribution in [0.25, 0.3) is 0 Å². The molecule has 5 rings (SSSR count). The molecule has 2 aromatic carbocycles. The van der Waals surface area contributed by atoms with Crippen LogP contribution in [0.5, 0.6) is 5.75 Å². The van der Waals surface area contributed by atoms with Crippen LogP contribution in [0.2, 0.25) is 0 Å². The lowest BCUT2D eigenvalue weighted by Crippen LogP contribution is -2.35. The Kier molecular flexibility index (Phi) is 8.22. The number of anilines is 1. The van der Waals surface area contributed by atoms with E-state index in [2.05, 4.69) is 30.0 Å². The van der Waals surface area contributed by atoms with Gasteiger partial charge in [-0.3, -0.25) is 14.6 Å². The second-order valence-corrected chi connectivity index (χ2v) is 11.3. The third kappa shape index (κ3) is 5.48. The minimum absolute atomic E-state index is 0.0411. The van der Waals surface area contributed by atoms with E-state index in [0.717, 1.165) is 78.2 Å². The number of para-hydroxylation sites is 1. The van der Waals surface area contributed by atoms with Gasteiger partial charge in [0.15, 0.2) is 5.78 Å². The van der Waals surface area contributed by atoms with Gasteiger partial charge in [-0.2, -0.15) is 0 Å². The Morgan fingerprint density at radius 3 is 2.62 bits per heavy atom. The van der Waals surface area contributed by atoms with Crippen molar-refractivity contribution in [3.8, 4) is 5.75 Å². The minimum atomic E-state index is -0.0411. The molecular formula is C33H40N4O3. The first kappa shape index (κ1) is 27.8. The number of hydrogen-bond acceptors (Lipinski definition) is 6. The number of likely N-dealkylation sites (N-methyl/N-ethyl adjacent to an activating group) is 2. The van der Waals surface area contributed by atoms with Crippen LogP contribution in [-0.4, -0.2) is 68.5 Å². The first-order valence-electron chi connectivity index (χ1n) is 14.2. The van der Waals surface area contributed by atoms with Gasteiger partial charge in [-0.1, -0.05) is 36.8 Å². The standard InChI is InChI=1S/C33H40N4O3/c1-35(2)26-10-8-9-23(19-26)32(38)24-14-13-22(31(20-24)40-5)15-16-25-17-18-29-30(21-34-25)37(4)33(39)27-11-6-7-12-28(27)36(29)3/h6-7,11-14,18,20-21,23,26H,8-10,15-17,19H2,1-5H3. The molecule has 0 aromatic heterocycles. The van der Waals surface area contributed by atoms with Crippen molar-refractivity contribution in [1.82, 2.24) is 9.80 Å². The third-order valence-corrected chi connectivity index (χ3v) is 8.69. The Hall–Kier alpha value is -3.71. The summed E-state index contributed by atoms with van der Waals surface area (Å²) in [5, 5.41) is 0. The summed E-state index contributed by atoms with van der Waals surface area (Å²) in [4.78, 5) is 37.4. The predicted octanol–water partition coefficient (Wildman–Crippen LogP) is 5.72. The van der Waals surface area contributed by atoms with Crippen molar-refractivity contribution in [1.29, 1.82) is 0 Å². The molecule has 2 aliphatic heterocycles. The number of ketones is 1. The number of allylic oxidation sites excluding steroid dienone is 1. The Labute approximate surface area is 237 Å². The van der Waals surface area contributed by atoms with Crippen molar-refractivity contribution in [2.45, 2.75) is 51.0 Å². The molecule has 7 nitrogen and oxygen atoms in total. The van der Waals surface area contributed by atoms with E-state index in [0.29, 0.717) is 18.0 Å². The molecule has 1 amide bonds. The van der Waals surface area contributed by atoms with Crippen LogP contribution in [-0.2, 0) is 6.42 Å². The number of aliphatic imine (C=N–C) groups is 1. The van der Waals surface area contributed by atoms with Crippen LogP contribution in [0.15, 0.2) is 71.1 Å². The van der Waals surface area contributed by atoms with Gasteiger partial charge < -0.3 is 19.4 Å². The van der Waals surface area contributed by atoms with E-state index in [-0.39, 0.29) is 17.6 Å². The summed E-state index contributed by atoms with van der Waals surface area (Å²) in [5.74, 6) is 1.01. The van der Waals surface area contributed by atoms with Gasteiger partial charge in [0.25, 0.3) is 5.91 Å². The van der Waals surface area contributed by atoms with Crippen molar-refractivity contribution >= 4 is 23.1 Å². The number of carbonyl (C=O) groups excluding carboxylic acids is 2. The zero-order valence-electron chi connectivity index (χ0n) is 24.3. The summed E-state index contributed by atoms with van der Waals surface area (Å²) < 4.78 is 5.74. The highest BCUT2D eigenvalue weighted by molar-refractivity contribution is 6.03. The number of carbonyl (C=O) groups is 2. The topological polar surface area (TPSA) is 65.5 Å². The molecular weight excluding hydrogens is 500 g/mol. The smallest absolute Gasteiger partial charge is 0.260 e. The molecule has 3 aliphatic rings. The summed E-state index contributed by atoms with van der Waals surface area (Å²) >= 11 is 0. The van der Waals surface area contributed by atoms with E-state index in [4.69, 9.17) is 9.73 Å². The quantitative estimate of drug-likeness (QED) is 0.420. The number of rotatable bonds is 7. The predicted molar refractivity (Wildman–Crippen MR) is 160 cm³/mol. The molecule has 40 heavy (non-hydrogen) atoms. The lowest BCUT2D eigenvalue weighted by Gasteiger charge is -2.32. The Morgan fingerprint density at radius 2 is 1.85 bits per heavy atom. The fourth-order valence-corrected chi connectivity index (χ4v) is 6.18. The SMILES string of the molecule is COc1cc(C(=O)C2CCCC(N(C)C)C2)ccc1CCC1=NC=C2C(=CC1)N(C)c1ccccc1C(=O)N2C. The second-order valence-electron chi connectivity index (χ2n) is 11.3. The number of amides is 1. The zero-order chi connectivity index (χ0) is 28.4. The van der Waals surface area contributed by atoms with E-state index in [1.807, 2.05) is 55.7 Å². The van der Waals surface area contributed by atoms with Gasteiger partial charge in [-0.05, 0) is 70.0 Å². The van der Waals surface area contributed by atoms with Gasteiger partial charge in [0.05, 0.1) is 36.0 Å². The van der Waals surface area contributed by atoms with Gasteiger partial charge in [-0.15, -0.1) is 0 Å². The number of nitrogens with zero attached hydrogens (tertiary/aromatic N) is 4. The lowest BCUT2D eigenvalue weighted by atomic mass is 9.80. The van der Waals surface area contributed by atoms with Gasteiger partial charge in [-0.25, -0.2) is 0 Å². The van der Waals surface area contributed by atoms with E-state index < -0.39 is 0 Å². The monoisotopic (exact) mass is 540 g/mol. The van der Waals surface area contributed by atoms with Crippen LogP contribution in [0, 0.1) is 5.92 Å². The molecule has 0 N–H and O–H groups in total. The highest BCUT2D eigenvalue weighted by Gasteiger charge is 2.31. The molecule has 2 atom stereocenters. The fraction of sp³-hybridized carbons (Fsp3) is 0.424. The van der Waals surface area contributed by atoms with Crippen LogP contribution in [0.3, 0.4) is 0 Å². The Bertz CT molecular complexity index is 1390. The summed E-state index contributed by atoms with van der Waals surface area (Å²) in [6.45, 7) is 0. The maximum absolute atomic E-state index is 13.4. The van der Waals surface area contributed by atoms with Gasteiger partial charge in [0.1, 0.15) is 5.75 Å². The average molecular weight is 541 g/mol. The number of aryl methyl sites for hydroxylation is 1. The van der Waals surface area contributed by atoms with Gasteiger partial charge in [0, 0.05) is 43.8 Å². The number of benzene rings is 2. The number of Topliss-reactive ketones (excluding diaryl/α,β-unsaturated/α-hetero) is 1. The van der Waals surface area contributed by atoms with Crippen LogP contribution >= 0.6 is 0 Å². The first-order valence-corrected chi connectivity index (χ1v) is 14.2. The zero-order valence-corrected chi connectivity index (χ0v) is 24.3. The van der Waals surface area contributed by atoms with E-state index in [1.54, 1.807) is 19.1 Å². The molecule has 0 bridgehead atoms. The van der Waals surface area contributed by atoms with E-state index in [1.165, 1.54) is 0 Å². The van der Waals surface area contributed by atoms with Gasteiger partial charge in [0.2, 0.25) is 0 Å². The van der Waals surface area contributed by atoms with Crippen LogP contribution < -0.4 is 9.64 Å². The van der Waals surface area contributed by atoms with Crippen LogP contribution in [0.4, 0.5) is 5.69 Å². The molecule has 2 heterocycles. The highest BCUT2D eigenvalue weighted by Crippen LogP contribution is 2.35. The van der Waals surface area contributed by atoms with Crippen LogP contribution in [0.1, 0.15) is 64.8 Å². The average Bonchev–Trinajstić information content (AvgIpc) is 3.24. The maximum atomic E-state index is 13.4. The summed E-state index contributed by atoms with van der Waals surface area (Å²) in [6.07, 6.45) is 10.3. The van der Waals surface area contributed by atoms with Gasteiger partial charge >= 0.3 is 0 Å². The number of hydrogen-bond donors (Lipinski definition) is 0. The molecule has 1 saturated carbocycles. The second kappa shape index (κ2) is 11.8. The van der Waals surface area contributed by atoms with E-state index in [9.17, 15) is 9.59 Å². The molecule has 7 heteroatoms. The normalized spacial score (nSPS) is 21.1. The molecule has 1 fully saturated rings. The van der Waals surface area contributed by atoms with Crippen molar-refractivity contribution < 1.29 is 14.3 Å². The summed E-state index contributed by atoms with van der Waals surface area (Å²) in [6, 6.07) is 14.1. The highest BCUT2D eigenvalue weighted by atomic mass is 16.5. The molecule has 0 radical (unpaired) electrons. The summed E-state index contributed by atoms with van der Waals surface area (Å²) in [7, 11) is 9.68. The summed E-state index contributed by atoms with van der Waals surface area (Å²) in [5.41, 5.74) is 6.17. The molecule has 2 unspecified atom stereocenters. The molecule has 0 spiro atoms. The molecule has 0 saturated heterocycles. The van der Waals surface area contributed by atoms with Crippen molar-refractivity contribution in [2.24, 2.45) is 10.9 Å². The fourth-order valence-electron chi connectivity index (χ4n) is 6.18. The minimum Gasteiger partial charge on any atom is -0.496 e. The third-order valence-electron chi connectivity index (χ3n) is 8.69. The molecule has 2 aromatic rings. The van der Waals surface area contributed by atoms with Crippen molar-refractivity contribution in [3.63, 3.8) is 0 Å². The maximum Gasteiger partial charge on any atom is 0.260 e. The van der Waals surface area contributed by atoms with Crippen molar-refractivity contribution in [3.05, 3.63) is 82.8 Å². The number of methoxy groups -OCH3 is 1. The lowest BCUT2D eigenvalue weighted by molar-refractivity contribution is 0.0833.